The maximum Gasteiger partial charge on any atom is 0.244 e. The van der Waals surface area contributed by atoms with E-state index in [9.17, 15) is 8.42 Å². The first-order valence-electron chi connectivity index (χ1n) is 5.89. The van der Waals surface area contributed by atoms with E-state index in [2.05, 4.69) is 0 Å². The van der Waals surface area contributed by atoms with Crippen LogP contribution < -0.4 is 5.73 Å². The lowest BCUT2D eigenvalue weighted by atomic mass is 9.93. The summed E-state index contributed by atoms with van der Waals surface area (Å²) in [6.45, 7) is 5.06. The van der Waals surface area contributed by atoms with Crippen molar-refractivity contribution in [2.75, 3.05) is 18.8 Å². The third-order valence-corrected chi connectivity index (χ3v) is 6.09. The molecule has 0 saturated carbocycles. The Labute approximate surface area is 123 Å². The van der Waals surface area contributed by atoms with Crippen molar-refractivity contribution in [2.45, 2.75) is 25.2 Å². The second-order valence-corrected chi connectivity index (χ2v) is 8.22. The molecule has 4 nitrogen and oxygen atoms in total. The predicted octanol–water partition coefficient (Wildman–Crippen LogP) is 3.00. The fourth-order valence-electron chi connectivity index (χ4n) is 2.16. The van der Waals surface area contributed by atoms with Gasteiger partial charge in [-0.3, -0.25) is 0 Å². The highest BCUT2D eigenvalue weighted by Crippen LogP contribution is 2.38. The van der Waals surface area contributed by atoms with E-state index in [-0.39, 0.29) is 26.0 Å². The molecule has 1 fully saturated rings. The number of benzene rings is 1. The van der Waals surface area contributed by atoms with Gasteiger partial charge in [-0.15, -0.1) is 0 Å². The van der Waals surface area contributed by atoms with Gasteiger partial charge in [-0.05, 0) is 24.0 Å². The number of halogens is 2. The molecule has 0 spiro atoms. The molecule has 1 aliphatic heterocycles. The van der Waals surface area contributed by atoms with Gasteiger partial charge in [0.15, 0.2) is 0 Å². The van der Waals surface area contributed by atoms with Crippen molar-refractivity contribution in [3.8, 4) is 0 Å². The molecule has 0 bridgehead atoms. The second kappa shape index (κ2) is 4.81. The average molecular weight is 323 g/mol. The molecular formula is C12H16Cl2N2O2S. The van der Waals surface area contributed by atoms with E-state index < -0.39 is 10.0 Å². The van der Waals surface area contributed by atoms with Crippen LogP contribution >= 0.6 is 23.2 Å². The van der Waals surface area contributed by atoms with Crippen molar-refractivity contribution in [3.63, 3.8) is 0 Å². The Bertz CT molecular complexity index is 614. The Morgan fingerprint density at radius 3 is 2.47 bits per heavy atom. The molecule has 0 amide bonds. The minimum atomic E-state index is -3.62. The van der Waals surface area contributed by atoms with E-state index in [1.165, 1.54) is 16.4 Å². The van der Waals surface area contributed by atoms with Crippen LogP contribution in [0, 0.1) is 5.41 Å². The standard InChI is InChI=1S/C12H16Cl2N2O2S/c1-12(2)5-6-16(7-12)19(17,18)9-4-3-8(13)11(15)10(9)14/h3-4H,5-7,15H2,1-2H3. The Kier molecular flexibility index (Phi) is 3.77. The monoisotopic (exact) mass is 322 g/mol. The number of rotatable bonds is 2. The summed E-state index contributed by atoms with van der Waals surface area (Å²) in [5.41, 5.74) is 5.77. The molecule has 2 rings (SSSR count). The van der Waals surface area contributed by atoms with Crippen molar-refractivity contribution in [1.29, 1.82) is 0 Å². The third-order valence-electron chi connectivity index (χ3n) is 3.35. The van der Waals surface area contributed by atoms with Crippen LogP contribution in [-0.4, -0.2) is 25.8 Å². The highest BCUT2D eigenvalue weighted by molar-refractivity contribution is 7.89. The summed E-state index contributed by atoms with van der Waals surface area (Å²) in [5, 5.41) is 0.253. The fraction of sp³-hybridized carbons (Fsp3) is 0.500. The van der Waals surface area contributed by atoms with Crippen LogP contribution in [-0.2, 0) is 10.0 Å². The Balaban J connectivity index is 2.44. The van der Waals surface area contributed by atoms with Crippen molar-refractivity contribution < 1.29 is 8.42 Å². The molecule has 19 heavy (non-hydrogen) atoms. The zero-order chi connectivity index (χ0) is 14.4. The topological polar surface area (TPSA) is 63.4 Å². The minimum Gasteiger partial charge on any atom is -0.396 e. The molecule has 1 aromatic carbocycles. The van der Waals surface area contributed by atoms with Gasteiger partial charge in [-0.2, -0.15) is 4.31 Å². The van der Waals surface area contributed by atoms with Gasteiger partial charge >= 0.3 is 0 Å². The Hall–Kier alpha value is -0.490. The number of sulfonamides is 1. The maximum atomic E-state index is 12.5. The van der Waals surface area contributed by atoms with Gasteiger partial charge in [0.25, 0.3) is 0 Å². The molecule has 106 valence electrons. The summed E-state index contributed by atoms with van der Waals surface area (Å²) in [7, 11) is -3.62. The largest absolute Gasteiger partial charge is 0.396 e. The molecule has 0 radical (unpaired) electrons. The lowest BCUT2D eigenvalue weighted by molar-refractivity contribution is 0.375. The van der Waals surface area contributed by atoms with Crippen LogP contribution in [0.4, 0.5) is 5.69 Å². The minimum absolute atomic E-state index is 0.00259. The molecule has 7 heteroatoms. The smallest absolute Gasteiger partial charge is 0.244 e. The quantitative estimate of drug-likeness (QED) is 0.851. The van der Waals surface area contributed by atoms with E-state index in [4.69, 9.17) is 28.9 Å². The first-order valence-corrected chi connectivity index (χ1v) is 8.08. The van der Waals surface area contributed by atoms with E-state index >= 15 is 0 Å². The number of nitrogens with two attached hydrogens (primary N) is 1. The highest BCUT2D eigenvalue weighted by atomic mass is 35.5. The van der Waals surface area contributed by atoms with Gasteiger partial charge < -0.3 is 5.73 Å². The molecule has 1 saturated heterocycles. The molecule has 1 aliphatic rings. The van der Waals surface area contributed by atoms with Crippen LogP contribution in [0.5, 0.6) is 0 Å². The van der Waals surface area contributed by atoms with E-state index in [1.54, 1.807) is 0 Å². The SMILES string of the molecule is CC1(C)CCN(S(=O)(=O)c2ccc(Cl)c(N)c2Cl)C1. The van der Waals surface area contributed by atoms with E-state index in [0.29, 0.717) is 13.1 Å². The van der Waals surface area contributed by atoms with Crippen LogP contribution in [0.25, 0.3) is 0 Å². The van der Waals surface area contributed by atoms with Crippen LogP contribution in [0.1, 0.15) is 20.3 Å². The maximum absolute atomic E-state index is 12.5. The van der Waals surface area contributed by atoms with Crippen LogP contribution in [0.2, 0.25) is 10.0 Å². The van der Waals surface area contributed by atoms with Gasteiger partial charge in [-0.25, -0.2) is 8.42 Å². The number of nitrogens with zero attached hydrogens (tertiary/aromatic N) is 1. The van der Waals surface area contributed by atoms with E-state index in [1.807, 2.05) is 13.8 Å². The summed E-state index contributed by atoms with van der Waals surface area (Å²) in [6, 6.07) is 2.86. The lowest BCUT2D eigenvalue weighted by Crippen LogP contribution is -2.30. The van der Waals surface area contributed by atoms with Gasteiger partial charge in [0.2, 0.25) is 10.0 Å². The van der Waals surface area contributed by atoms with Crippen molar-refractivity contribution in [1.82, 2.24) is 4.31 Å². The zero-order valence-corrected chi connectivity index (χ0v) is 13.1. The number of nitrogen functional groups attached to an aromatic ring is 1. The lowest BCUT2D eigenvalue weighted by Gasteiger charge is -2.20. The molecule has 0 atom stereocenters. The van der Waals surface area contributed by atoms with E-state index in [0.717, 1.165) is 6.42 Å². The number of hydrogen-bond acceptors (Lipinski definition) is 3. The number of hydrogen-bond donors (Lipinski definition) is 1. The predicted molar refractivity (Wildman–Crippen MR) is 78.0 cm³/mol. The van der Waals surface area contributed by atoms with Gasteiger partial charge in [-0.1, -0.05) is 37.0 Å². The summed E-state index contributed by atoms with van der Waals surface area (Å²) < 4.78 is 26.5. The molecule has 0 aromatic heterocycles. The average Bonchev–Trinajstić information content (AvgIpc) is 2.67. The second-order valence-electron chi connectivity index (χ2n) is 5.53. The van der Waals surface area contributed by atoms with Crippen molar-refractivity contribution >= 4 is 38.9 Å². The summed E-state index contributed by atoms with van der Waals surface area (Å²) in [4.78, 5) is 0.0220. The van der Waals surface area contributed by atoms with Crippen molar-refractivity contribution in [2.24, 2.45) is 5.41 Å². The summed E-state index contributed by atoms with van der Waals surface area (Å²) in [5.74, 6) is 0. The fourth-order valence-corrected chi connectivity index (χ4v) is 4.52. The molecule has 1 aromatic rings. The first kappa shape index (κ1) is 14.9. The van der Waals surface area contributed by atoms with Gasteiger partial charge in [0.05, 0.1) is 15.7 Å². The molecular weight excluding hydrogens is 307 g/mol. The molecule has 2 N–H and O–H groups in total. The Morgan fingerprint density at radius 2 is 1.95 bits per heavy atom. The zero-order valence-electron chi connectivity index (χ0n) is 10.8. The van der Waals surface area contributed by atoms with Gasteiger partial charge in [0, 0.05) is 13.1 Å². The normalized spacial score (nSPS) is 19.8. The summed E-state index contributed by atoms with van der Waals surface area (Å²) >= 11 is 11.8. The molecule has 0 unspecified atom stereocenters. The molecule has 0 aliphatic carbocycles. The first-order chi connectivity index (χ1) is 8.65. The van der Waals surface area contributed by atoms with Crippen LogP contribution in [0.15, 0.2) is 17.0 Å². The van der Waals surface area contributed by atoms with Crippen molar-refractivity contribution in [3.05, 3.63) is 22.2 Å². The third kappa shape index (κ3) is 2.70. The summed E-state index contributed by atoms with van der Waals surface area (Å²) in [6.07, 6.45) is 0.826. The highest BCUT2D eigenvalue weighted by Gasteiger charge is 2.38. The van der Waals surface area contributed by atoms with Crippen LogP contribution in [0.3, 0.4) is 0 Å². The number of anilines is 1. The molecule has 1 heterocycles. The van der Waals surface area contributed by atoms with Gasteiger partial charge in [0.1, 0.15) is 4.90 Å². The Morgan fingerprint density at radius 1 is 1.32 bits per heavy atom.